The Kier molecular flexibility index (Phi) is 12.5. The molecule has 12 heteroatoms. The Morgan fingerprint density at radius 1 is 1.08 bits per heavy atom. The van der Waals surface area contributed by atoms with E-state index in [0.29, 0.717) is 19.3 Å². The molecule has 0 radical (unpaired) electrons. The minimum absolute atomic E-state index is 0.0936. The average Bonchev–Trinajstić information content (AvgIpc) is 3.43. The lowest BCUT2D eigenvalue weighted by Gasteiger charge is -2.26. The second kappa shape index (κ2) is 15.6. The molecule has 1 aromatic rings. The Labute approximate surface area is 223 Å². The number of guanidine groups is 1. The Bertz CT molecular complexity index is 962. The number of carboxylic acid groups (broad SMARTS) is 1. The zero-order valence-corrected chi connectivity index (χ0v) is 22.1. The molecule has 0 bridgehead atoms. The highest BCUT2D eigenvalue weighted by Gasteiger charge is 2.32. The average molecular weight is 532 g/mol. The molecule has 5 unspecified atom stereocenters. The van der Waals surface area contributed by atoms with Crippen molar-refractivity contribution in [1.29, 1.82) is 0 Å². The second-order valence-electron chi connectivity index (χ2n) is 9.62. The van der Waals surface area contributed by atoms with Gasteiger partial charge in [0, 0.05) is 13.0 Å². The summed E-state index contributed by atoms with van der Waals surface area (Å²) in [6, 6.07) is 5.74. The van der Waals surface area contributed by atoms with Gasteiger partial charge in [-0.05, 0) is 43.7 Å². The van der Waals surface area contributed by atoms with Gasteiger partial charge in [-0.3, -0.25) is 19.4 Å². The van der Waals surface area contributed by atoms with Crippen LogP contribution in [0.15, 0.2) is 35.3 Å². The lowest BCUT2D eigenvalue weighted by atomic mass is 9.98. The number of hydrogen-bond donors (Lipinski definition) is 7. The number of aliphatic imine (C=N–C) groups is 1. The molecular formula is C26H41N7O5. The van der Waals surface area contributed by atoms with Gasteiger partial charge in [0.05, 0.1) is 6.04 Å². The molecule has 1 heterocycles. The van der Waals surface area contributed by atoms with Gasteiger partial charge in [0.25, 0.3) is 0 Å². The van der Waals surface area contributed by atoms with Crippen molar-refractivity contribution < 1.29 is 24.3 Å². The fraction of sp³-hybridized carbons (Fsp3) is 0.577. The predicted octanol–water partition coefficient (Wildman–Crippen LogP) is -0.380. The van der Waals surface area contributed by atoms with Crippen molar-refractivity contribution in [3.8, 4) is 0 Å². The van der Waals surface area contributed by atoms with Crippen molar-refractivity contribution in [1.82, 2.24) is 21.3 Å². The van der Waals surface area contributed by atoms with E-state index in [2.05, 4.69) is 26.3 Å². The third kappa shape index (κ3) is 10.0. The Balaban J connectivity index is 2.21. The highest BCUT2D eigenvalue weighted by atomic mass is 16.4. The number of rotatable bonds is 15. The quantitative estimate of drug-likeness (QED) is 0.0901. The van der Waals surface area contributed by atoms with E-state index in [4.69, 9.17) is 11.5 Å². The summed E-state index contributed by atoms with van der Waals surface area (Å²) in [5.74, 6) is -3.02. The Hall–Kier alpha value is -3.67. The van der Waals surface area contributed by atoms with Crippen LogP contribution in [0.1, 0.15) is 51.5 Å². The van der Waals surface area contributed by atoms with Crippen molar-refractivity contribution in [2.24, 2.45) is 22.4 Å². The van der Waals surface area contributed by atoms with Crippen LogP contribution in [0, 0.1) is 5.92 Å². The van der Waals surface area contributed by atoms with Crippen molar-refractivity contribution >= 4 is 29.7 Å². The summed E-state index contributed by atoms with van der Waals surface area (Å²) in [5.41, 5.74) is 11.6. The van der Waals surface area contributed by atoms with Crippen LogP contribution >= 0.6 is 0 Å². The number of carboxylic acids is 1. The lowest BCUT2D eigenvalue weighted by Crippen LogP contribution is -2.58. The molecule has 0 aliphatic carbocycles. The van der Waals surface area contributed by atoms with Gasteiger partial charge in [0.15, 0.2) is 5.96 Å². The highest BCUT2D eigenvalue weighted by molar-refractivity contribution is 5.94. The third-order valence-corrected chi connectivity index (χ3v) is 6.65. The van der Waals surface area contributed by atoms with Crippen LogP contribution in [0.3, 0.4) is 0 Å². The van der Waals surface area contributed by atoms with E-state index in [-0.39, 0.29) is 43.2 Å². The molecule has 38 heavy (non-hydrogen) atoms. The number of nitrogens with two attached hydrogens (primary N) is 2. The second-order valence-corrected chi connectivity index (χ2v) is 9.62. The largest absolute Gasteiger partial charge is 0.480 e. The molecule has 0 spiro atoms. The number of carbonyl (C=O) groups is 4. The fourth-order valence-corrected chi connectivity index (χ4v) is 4.22. The number of amides is 3. The first-order valence-corrected chi connectivity index (χ1v) is 13.1. The van der Waals surface area contributed by atoms with Crippen LogP contribution < -0.4 is 32.7 Å². The maximum Gasteiger partial charge on any atom is 0.326 e. The number of aliphatic carboxylic acids is 1. The number of nitrogens with zero attached hydrogens (tertiary/aromatic N) is 1. The SMILES string of the molecule is CCC(C)C(NC(=O)C(CCCN=C(N)N)NC(=O)C(Cc1ccccc1)NC(=O)C1CCCN1)C(=O)O. The van der Waals surface area contributed by atoms with Crippen molar-refractivity contribution in [2.75, 3.05) is 13.1 Å². The van der Waals surface area contributed by atoms with Gasteiger partial charge < -0.3 is 37.8 Å². The van der Waals surface area contributed by atoms with E-state index in [1.54, 1.807) is 6.92 Å². The van der Waals surface area contributed by atoms with Gasteiger partial charge >= 0.3 is 5.97 Å². The normalized spacial score (nSPS) is 17.9. The molecule has 1 aromatic carbocycles. The molecule has 3 amide bonds. The standard InChI is InChI=1S/C26H41N7O5/c1-3-16(2)21(25(37)38)33-23(35)19(12-8-14-30-26(27)28)31-24(36)20(15-17-9-5-4-6-10-17)32-22(34)18-11-7-13-29-18/h4-6,9-10,16,18-21,29H,3,7-8,11-15H2,1-2H3,(H,31,36)(H,32,34)(H,33,35)(H,37,38)(H4,27,28,30). The number of carbonyl (C=O) groups excluding carboxylic acids is 3. The van der Waals surface area contributed by atoms with Gasteiger partial charge in [0.2, 0.25) is 17.7 Å². The lowest BCUT2D eigenvalue weighted by molar-refractivity contribution is -0.144. The molecule has 5 atom stereocenters. The fourth-order valence-electron chi connectivity index (χ4n) is 4.22. The zero-order chi connectivity index (χ0) is 28.1. The van der Waals surface area contributed by atoms with Crippen molar-refractivity contribution in [3.63, 3.8) is 0 Å². The molecular weight excluding hydrogens is 490 g/mol. The highest BCUT2D eigenvalue weighted by Crippen LogP contribution is 2.11. The molecule has 9 N–H and O–H groups in total. The molecule has 1 saturated heterocycles. The third-order valence-electron chi connectivity index (χ3n) is 6.65. The molecule has 1 fully saturated rings. The monoisotopic (exact) mass is 531 g/mol. The van der Waals surface area contributed by atoms with Crippen LogP contribution in [0.4, 0.5) is 0 Å². The first-order chi connectivity index (χ1) is 18.1. The van der Waals surface area contributed by atoms with E-state index < -0.39 is 35.9 Å². The smallest absolute Gasteiger partial charge is 0.326 e. The van der Waals surface area contributed by atoms with Gasteiger partial charge in [-0.2, -0.15) is 0 Å². The molecule has 210 valence electrons. The Morgan fingerprint density at radius 3 is 2.34 bits per heavy atom. The molecule has 1 aliphatic heterocycles. The first kappa shape index (κ1) is 30.6. The van der Waals surface area contributed by atoms with E-state index in [0.717, 1.165) is 18.5 Å². The molecule has 12 nitrogen and oxygen atoms in total. The number of benzene rings is 1. The van der Waals surface area contributed by atoms with Crippen molar-refractivity contribution in [3.05, 3.63) is 35.9 Å². The van der Waals surface area contributed by atoms with Crippen molar-refractivity contribution in [2.45, 2.75) is 76.5 Å². The Morgan fingerprint density at radius 2 is 1.76 bits per heavy atom. The summed E-state index contributed by atoms with van der Waals surface area (Å²) in [4.78, 5) is 55.2. The van der Waals surface area contributed by atoms with E-state index >= 15 is 0 Å². The number of hydrogen-bond acceptors (Lipinski definition) is 6. The molecule has 1 aliphatic rings. The van der Waals surface area contributed by atoms with Gasteiger partial charge in [-0.1, -0.05) is 50.6 Å². The summed E-state index contributed by atoms with van der Waals surface area (Å²) in [5, 5.41) is 20.9. The van der Waals surface area contributed by atoms with Crippen LogP contribution in [0.25, 0.3) is 0 Å². The van der Waals surface area contributed by atoms with Crippen LogP contribution in [-0.2, 0) is 25.6 Å². The van der Waals surface area contributed by atoms with E-state index in [1.807, 2.05) is 37.3 Å². The van der Waals surface area contributed by atoms with Crippen LogP contribution in [-0.4, -0.2) is 72.0 Å². The van der Waals surface area contributed by atoms with Gasteiger partial charge in [0.1, 0.15) is 18.1 Å². The maximum atomic E-state index is 13.5. The van der Waals surface area contributed by atoms with Gasteiger partial charge in [-0.25, -0.2) is 4.79 Å². The van der Waals surface area contributed by atoms with Crippen LogP contribution in [0.5, 0.6) is 0 Å². The molecule has 0 aromatic heterocycles. The zero-order valence-electron chi connectivity index (χ0n) is 22.1. The first-order valence-electron chi connectivity index (χ1n) is 13.1. The minimum Gasteiger partial charge on any atom is -0.480 e. The molecule has 0 saturated carbocycles. The summed E-state index contributed by atoms with van der Waals surface area (Å²) >= 11 is 0. The maximum absolute atomic E-state index is 13.5. The van der Waals surface area contributed by atoms with Crippen LogP contribution in [0.2, 0.25) is 0 Å². The minimum atomic E-state index is -1.16. The summed E-state index contributed by atoms with van der Waals surface area (Å²) in [6.07, 6.45) is 2.83. The summed E-state index contributed by atoms with van der Waals surface area (Å²) in [6.45, 7) is 4.52. The summed E-state index contributed by atoms with van der Waals surface area (Å²) in [7, 11) is 0. The topological polar surface area (TPSA) is 201 Å². The van der Waals surface area contributed by atoms with E-state index in [9.17, 15) is 24.3 Å². The molecule has 2 rings (SSSR count). The predicted molar refractivity (Wildman–Crippen MR) is 144 cm³/mol. The van der Waals surface area contributed by atoms with Gasteiger partial charge in [-0.15, -0.1) is 0 Å². The summed E-state index contributed by atoms with van der Waals surface area (Å²) < 4.78 is 0. The number of nitrogens with one attached hydrogen (secondary N) is 4. The van der Waals surface area contributed by atoms with E-state index in [1.165, 1.54) is 0 Å².